The van der Waals surface area contributed by atoms with Crippen LogP contribution < -0.4 is 5.73 Å². The third kappa shape index (κ3) is 1.50. The molecule has 0 amide bonds. The van der Waals surface area contributed by atoms with Crippen molar-refractivity contribution in [2.24, 2.45) is 0 Å². The van der Waals surface area contributed by atoms with Crippen molar-refractivity contribution < 1.29 is 5.11 Å². The highest BCUT2D eigenvalue weighted by molar-refractivity contribution is 5.86. The van der Waals surface area contributed by atoms with Crippen LogP contribution in [0, 0.1) is 6.92 Å². The molecule has 0 radical (unpaired) electrons. The summed E-state index contributed by atoms with van der Waals surface area (Å²) in [6.07, 6.45) is 0. The number of rotatable bonds is 1. The third-order valence-electron chi connectivity index (χ3n) is 2.97. The van der Waals surface area contributed by atoms with Gasteiger partial charge in [-0.25, -0.2) is 4.98 Å². The van der Waals surface area contributed by atoms with Crippen LogP contribution in [-0.2, 0) is 0 Å². The Morgan fingerprint density at radius 2 is 1.83 bits per heavy atom. The van der Waals surface area contributed by atoms with E-state index in [1.165, 1.54) is 5.56 Å². The summed E-state index contributed by atoms with van der Waals surface area (Å²) in [5.41, 5.74) is 9.32. The number of para-hydroxylation sites is 1. The molecule has 2 aromatic carbocycles. The average molecular weight is 239 g/mol. The van der Waals surface area contributed by atoms with Crippen LogP contribution in [0.4, 0.5) is 5.95 Å². The maximum atomic E-state index is 9.96. The Bertz CT molecular complexity index is 714. The van der Waals surface area contributed by atoms with E-state index in [0.29, 0.717) is 17.0 Å². The molecular formula is C14H13N3O. The van der Waals surface area contributed by atoms with Crippen molar-refractivity contribution in [2.75, 3.05) is 5.73 Å². The van der Waals surface area contributed by atoms with Gasteiger partial charge in [0.05, 0.1) is 5.52 Å². The Hall–Kier alpha value is -2.49. The van der Waals surface area contributed by atoms with Crippen LogP contribution in [0.3, 0.4) is 0 Å². The van der Waals surface area contributed by atoms with E-state index < -0.39 is 0 Å². The number of fused-ring (bicyclic) bond motifs is 1. The first kappa shape index (κ1) is 10.7. The first-order chi connectivity index (χ1) is 8.66. The predicted octanol–water partition coefficient (Wildman–Crippen LogP) is 2.62. The summed E-state index contributed by atoms with van der Waals surface area (Å²) >= 11 is 0. The summed E-state index contributed by atoms with van der Waals surface area (Å²) in [4.78, 5) is 4.25. The first-order valence-electron chi connectivity index (χ1n) is 5.70. The fourth-order valence-electron chi connectivity index (χ4n) is 2.08. The number of benzene rings is 2. The SMILES string of the molecule is Cc1ccc(-n2c(N)nc3cccc(O)c32)cc1. The van der Waals surface area contributed by atoms with E-state index in [9.17, 15) is 5.11 Å². The molecule has 0 aliphatic carbocycles. The van der Waals surface area contributed by atoms with Gasteiger partial charge in [0.1, 0.15) is 11.3 Å². The summed E-state index contributed by atoms with van der Waals surface area (Å²) in [6, 6.07) is 13.1. The molecule has 0 aliphatic rings. The number of anilines is 1. The van der Waals surface area contributed by atoms with Crippen LogP contribution >= 0.6 is 0 Å². The number of imidazole rings is 1. The molecule has 3 N–H and O–H groups in total. The zero-order chi connectivity index (χ0) is 12.7. The molecule has 90 valence electrons. The number of nitrogen functional groups attached to an aromatic ring is 1. The number of aromatic nitrogens is 2. The summed E-state index contributed by atoms with van der Waals surface area (Å²) < 4.78 is 1.75. The second-order valence-electron chi connectivity index (χ2n) is 4.29. The predicted molar refractivity (Wildman–Crippen MR) is 71.9 cm³/mol. The monoisotopic (exact) mass is 239 g/mol. The minimum Gasteiger partial charge on any atom is -0.506 e. The van der Waals surface area contributed by atoms with Crippen molar-refractivity contribution in [2.45, 2.75) is 6.92 Å². The maximum absolute atomic E-state index is 9.96. The number of hydrogen-bond acceptors (Lipinski definition) is 3. The molecule has 18 heavy (non-hydrogen) atoms. The van der Waals surface area contributed by atoms with Gasteiger partial charge in [0.15, 0.2) is 0 Å². The number of aromatic hydroxyl groups is 1. The minimum atomic E-state index is 0.178. The topological polar surface area (TPSA) is 64.1 Å². The smallest absolute Gasteiger partial charge is 0.206 e. The molecule has 3 rings (SSSR count). The van der Waals surface area contributed by atoms with Gasteiger partial charge in [-0.05, 0) is 31.2 Å². The Morgan fingerprint density at radius 1 is 1.11 bits per heavy atom. The highest BCUT2D eigenvalue weighted by Crippen LogP contribution is 2.29. The van der Waals surface area contributed by atoms with Crippen LogP contribution in [0.25, 0.3) is 16.7 Å². The van der Waals surface area contributed by atoms with Crippen molar-refractivity contribution in [3.05, 3.63) is 48.0 Å². The van der Waals surface area contributed by atoms with Gasteiger partial charge in [-0.1, -0.05) is 23.8 Å². The van der Waals surface area contributed by atoms with Crippen LogP contribution in [0.15, 0.2) is 42.5 Å². The van der Waals surface area contributed by atoms with Gasteiger partial charge >= 0.3 is 0 Å². The number of hydrogen-bond donors (Lipinski definition) is 2. The molecular weight excluding hydrogens is 226 g/mol. The maximum Gasteiger partial charge on any atom is 0.206 e. The molecule has 0 saturated heterocycles. The third-order valence-corrected chi connectivity index (χ3v) is 2.97. The highest BCUT2D eigenvalue weighted by Gasteiger charge is 2.12. The minimum absolute atomic E-state index is 0.178. The van der Waals surface area contributed by atoms with Gasteiger partial charge in [0.25, 0.3) is 0 Å². The summed E-state index contributed by atoms with van der Waals surface area (Å²) in [7, 11) is 0. The number of nitrogens with two attached hydrogens (primary N) is 1. The fourth-order valence-corrected chi connectivity index (χ4v) is 2.08. The van der Waals surface area contributed by atoms with Gasteiger partial charge in [0.2, 0.25) is 5.95 Å². The Labute approximate surface area is 104 Å². The molecule has 1 aromatic heterocycles. The van der Waals surface area contributed by atoms with Gasteiger partial charge in [-0.15, -0.1) is 0 Å². The fraction of sp³-hybridized carbons (Fsp3) is 0.0714. The van der Waals surface area contributed by atoms with Crippen molar-refractivity contribution in [3.63, 3.8) is 0 Å². The number of nitrogens with zero attached hydrogens (tertiary/aromatic N) is 2. The lowest BCUT2D eigenvalue weighted by molar-refractivity contribution is 0.479. The Morgan fingerprint density at radius 3 is 2.56 bits per heavy atom. The molecule has 1 heterocycles. The average Bonchev–Trinajstić information content (AvgIpc) is 2.68. The van der Waals surface area contributed by atoms with Gasteiger partial charge in [0, 0.05) is 5.69 Å². The first-order valence-corrected chi connectivity index (χ1v) is 5.70. The summed E-state index contributed by atoms with van der Waals surface area (Å²) in [6.45, 7) is 2.02. The van der Waals surface area contributed by atoms with E-state index in [2.05, 4.69) is 4.98 Å². The summed E-state index contributed by atoms with van der Waals surface area (Å²) in [5.74, 6) is 0.549. The van der Waals surface area contributed by atoms with Crippen LogP contribution in [-0.4, -0.2) is 14.7 Å². The lowest BCUT2D eigenvalue weighted by atomic mass is 10.2. The van der Waals surface area contributed by atoms with Gasteiger partial charge in [-0.2, -0.15) is 0 Å². The lowest BCUT2D eigenvalue weighted by Gasteiger charge is -2.07. The molecule has 3 aromatic rings. The highest BCUT2D eigenvalue weighted by atomic mass is 16.3. The zero-order valence-electron chi connectivity index (χ0n) is 9.96. The molecule has 0 spiro atoms. The number of aryl methyl sites for hydroxylation is 1. The molecule has 0 fully saturated rings. The van der Waals surface area contributed by atoms with Gasteiger partial charge in [-0.3, -0.25) is 4.57 Å². The van der Waals surface area contributed by atoms with E-state index in [0.717, 1.165) is 5.69 Å². The van der Waals surface area contributed by atoms with E-state index in [-0.39, 0.29) is 5.75 Å². The molecule has 4 heteroatoms. The van der Waals surface area contributed by atoms with Crippen molar-refractivity contribution in [1.82, 2.24) is 9.55 Å². The largest absolute Gasteiger partial charge is 0.506 e. The second kappa shape index (κ2) is 3.77. The van der Waals surface area contributed by atoms with Gasteiger partial charge < -0.3 is 10.8 Å². The molecule has 0 atom stereocenters. The molecule has 4 nitrogen and oxygen atoms in total. The molecule has 0 bridgehead atoms. The number of phenols is 1. The van der Waals surface area contributed by atoms with Crippen molar-refractivity contribution >= 4 is 17.0 Å². The van der Waals surface area contributed by atoms with Crippen LogP contribution in [0.5, 0.6) is 5.75 Å². The lowest BCUT2D eigenvalue weighted by Crippen LogP contribution is -2.00. The van der Waals surface area contributed by atoms with Crippen LogP contribution in [0.2, 0.25) is 0 Å². The molecule has 0 unspecified atom stereocenters. The van der Waals surface area contributed by atoms with Crippen molar-refractivity contribution in [3.8, 4) is 11.4 Å². The molecule has 0 aliphatic heterocycles. The Balaban J connectivity index is 2.34. The quantitative estimate of drug-likeness (QED) is 0.686. The van der Waals surface area contributed by atoms with E-state index >= 15 is 0 Å². The standard InChI is InChI=1S/C14H13N3O/c1-9-5-7-10(8-6-9)17-13-11(16-14(17)15)3-2-4-12(13)18/h2-8,18H,1H3,(H2,15,16). The molecule has 0 saturated carbocycles. The van der Waals surface area contributed by atoms with E-state index in [1.807, 2.05) is 37.3 Å². The van der Waals surface area contributed by atoms with Crippen LogP contribution in [0.1, 0.15) is 5.56 Å². The summed E-state index contributed by atoms with van der Waals surface area (Å²) in [5, 5.41) is 9.96. The van der Waals surface area contributed by atoms with E-state index in [1.54, 1.807) is 16.7 Å². The normalized spacial score (nSPS) is 10.9. The zero-order valence-corrected chi connectivity index (χ0v) is 9.96. The van der Waals surface area contributed by atoms with Crippen molar-refractivity contribution in [1.29, 1.82) is 0 Å². The second-order valence-corrected chi connectivity index (χ2v) is 4.29. The Kier molecular flexibility index (Phi) is 2.23. The number of phenolic OH excluding ortho intramolecular Hbond substituents is 1. The van der Waals surface area contributed by atoms with E-state index in [4.69, 9.17) is 5.73 Å².